The lowest BCUT2D eigenvalue weighted by atomic mass is 9.97. The molecule has 0 heterocycles. The molecule has 0 fully saturated rings. The minimum Gasteiger partial charge on any atom is -0.390 e. The number of rotatable bonds is 6. The van der Waals surface area contributed by atoms with Crippen molar-refractivity contribution in [3.63, 3.8) is 0 Å². The van der Waals surface area contributed by atoms with Crippen LogP contribution in [0.5, 0.6) is 0 Å². The summed E-state index contributed by atoms with van der Waals surface area (Å²) in [7, 11) is 0. The Morgan fingerprint density at radius 1 is 1.16 bits per heavy atom. The molecule has 1 aromatic rings. The molecule has 2 unspecified atom stereocenters. The number of hydrogen-bond acceptors (Lipinski definition) is 4. The largest absolute Gasteiger partial charge is 0.390 e. The van der Waals surface area contributed by atoms with E-state index in [4.69, 9.17) is 5.73 Å². The molecule has 0 aliphatic rings. The van der Waals surface area contributed by atoms with Gasteiger partial charge in [0.2, 0.25) is 5.91 Å². The average molecular weight is 265 g/mol. The van der Waals surface area contributed by atoms with Gasteiger partial charge in [0, 0.05) is 11.5 Å². The van der Waals surface area contributed by atoms with Crippen molar-refractivity contribution in [2.24, 2.45) is 11.7 Å². The Kier molecular flexibility index (Phi) is 5.20. The van der Waals surface area contributed by atoms with Crippen molar-refractivity contribution in [3.05, 3.63) is 35.4 Å². The quantitative estimate of drug-likeness (QED) is 0.662. The number of nitrogens with two attached hydrogens (primary N) is 1. The number of carbonyl (C=O) groups excluding carboxylic acids is 2. The topological polar surface area (TPSA) is 101 Å². The van der Waals surface area contributed by atoms with E-state index in [9.17, 15) is 19.8 Å². The zero-order chi connectivity index (χ0) is 14.6. The molecule has 1 amide bonds. The molecule has 5 nitrogen and oxygen atoms in total. The molecule has 1 aromatic carbocycles. The van der Waals surface area contributed by atoms with E-state index in [0.29, 0.717) is 11.1 Å². The molecular weight excluding hydrogens is 246 g/mol. The lowest BCUT2D eigenvalue weighted by Crippen LogP contribution is -2.25. The zero-order valence-corrected chi connectivity index (χ0v) is 11.0. The van der Waals surface area contributed by atoms with Gasteiger partial charge in [0.05, 0.1) is 12.5 Å². The molecule has 0 bridgehead atoms. The zero-order valence-electron chi connectivity index (χ0n) is 11.0. The van der Waals surface area contributed by atoms with Crippen LogP contribution in [0.15, 0.2) is 24.3 Å². The standard InChI is InChI=1S/C14H19NO4/c1-8(2)13(18)9-3-5-10(6-4-9)14(19)11(16)7-12(15)17/h3-6,8,11,14,16,19H,7H2,1-2H3,(H2,15,17). The summed E-state index contributed by atoms with van der Waals surface area (Å²) < 4.78 is 0. The number of ketones is 1. The number of primary amides is 1. The second kappa shape index (κ2) is 6.45. The van der Waals surface area contributed by atoms with Crippen molar-refractivity contribution >= 4 is 11.7 Å². The van der Waals surface area contributed by atoms with Crippen LogP contribution in [0.2, 0.25) is 0 Å². The highest BCUT2D eigenvalue weighted by Crippen LogP contribution is 2.20. The Labute approximate surface area is 112 Å². The van der Waals surface area contributed by atoms with Gasteiger partial charge >= 0.3 is 0 Å². The molecule has 0 aromatic heterocycles. The van der Waals surface area contributed by atoms with Gasteiger partial charge in [-0.15, -0.1) is 0 Å². The van der Waals surface area contributed by atoms with Crippen LogP contribution in [-0.4, -0.2) is 28.0 Å². The van der Waals surface area contributed by atoms with Crippen LogP contribution in [-0.2, 0) is 4.79 Å². The van der Waals surface area contributed by atoms with E-state index in [1.165, 1.54) is 0 Å². The second-order valence-electron chi connectivity index (χ2n) is 4.82. The predicted octanol–water partition coefficient (Wildman–Crippen LogP) is 0.795. The van der Waals surface area contributed by atoms with Crippen molar-refractivity contribution in [1.82, 2.24) is 0 Å². The molecule has 0 saturated heterocycles. The third-order valence-electron chi connectivity index (χ3n) is 2.84. The van der Waals surface area contributed by atoms with Crippen LogP contribution >= 0.6 is 0 Å². The maximum absolute atomic E-state index is 11.7. The molecule has 0 aliphatic heterocycles. The van der Waals surface area contributed by atoms with Crippen molar-refractivity contribution in [3.8, 4) is 0 Å². The van der Waals surface area contributed by atoms with E-state index in [0.717, 1.165) is 0 Å². The Morgan fingerprint density at radius 2 is 1.68 bits per heavy atom. The first-order chi connectivity index (χ1) is 8.82. The highest BCUT2D eigenvalue weighted by molar-refractivity contribution is 5.97. The van der Waals surface area contributed by atoms with Crippen LogP contribution in [0.1, 0.15) is 42.3 Å². The lowest BCUT2D eigenvalue weighted by molar-refractivity contribution is -0.121. The van der Waals surface area contributed by atoms with E-state index in [1.54, 1.807) is 24.3 Å². The highest BCUT2D eigenvalue weighted by atomic mass is 16.3. The van der Waals surface area contributed by atoms with Gasteiger partial charge in [-0.05, 0) is 5.56 Å². The van der Waals surface area contributed by atoms with E-state index in [-0.39, 0.29) is 18.1 Å². The summed E-state index contributed by atoms with van der Waals surface area (Å²) in [6.45, 7) is 3.61. The minimum absolute atomic E-state index is 0.0127. The third kappa shape index (κ3) is 4.15. The molecule has 2 atom stereocenters. The molecule has 0 spiro atoms. The summed E-state index contributed by atoms with van der Waals surface area (Å²) in [4.78, 5) is 22.4. The van der Waals surface area contributed by atoms with Crippen LogP contribution in [0.4, 0.5) is 0 Å². The van der Waals surface area contributed by atoms with Gasteiger partial charge in [0.25, 0.3) is 0 Å². The molecule has 0 saturated carbocycles. The van der Waals surface area contributed by atoms with Crippen LogP contribution < -0.4 is 5.73 Å². The van der Waals surface area contributed by atoms with Gasteiger partial charge in [-0.25, -0.2) is 0 Å². The first kappa shape index (κ1) is 15.3. The fraction of sp³-hybridized carbons (Fsp3) is 0.429. The summed E-state index contributed by atoms with van der Waals surface area (Å²) in [6, 6.07) is 6.31. The number of amides is 1. The van der Waals surface area contributed by atoms with Gasteiger partial charge < -0.3 is 15.9 Å². The monoisotopic (exact) mass is 265 g/mol. The van der Waals surface area contributed by atoms with Crippen molar-refractivity contribution in [1.29, 1.82) is 0 Å². The number of aliphatic hydroxyl groups excluding tert-OH is 2. The van der Waals surface area contributed by atoms with E-state index in [1.807, 2.05) is 13.8 Å². The summed E-state index contributed by atoms with van der Waals surface area (Å²) in [5, 5.41) is 19.4. The summed E-state index contributed by atoms with van der Waals surface area (Å²) in [5.74, 6) is -0.770. The Hall–Kier alpha value is -1.72. The maximum atomic E-state index is 11.7. The number of hydrogen-bond donors (Lipinski definition) is 3. The first-order valence-electron chi connectivity index (χ1n) is 6.11. The molecule has 0 radical (unpaired) electrons. The average Bonchev–Trinajstić information content (AvgIpc) is 2.36. The van der Waals surface area contributed by atoms with Crippen LogP contribution in [0, 0.1) is 5.92 Å². The van der Waals surface area contributed by atoms with E-state index < -0.39 is 18.1 Å². The highest BCUT2D eigenvalue weighted by Gasteiger charge is 2.20. The van der Waals surface area contributed by atoms with Crippen molar-refractivity contribution in [2.45, 2.75) is 32.5 Å². The van der Waals surface area contributed by atoms with E-state index >= 15 is 0 Å². The van der Waals surface area contributed by atoms with Crippen LogP contribution in [0.3, 0.4) is 0 Å². The van der Waals surface area contributed by atoms with Gasteiger partial charge in [0.1, 0.15) is 6.10 Å². The maximum Gasteiger partial charge on any atom is 0.220 e. The molecular formula is C14H19NO4. The number of benzene rings is 1. The molecule has 104 valence electrons. The van der Waals surface area contributed by atoms with Gasteiger partial charge in [-0.3, -0.25) is 9.59 Å². The van der Waals surface area contributed by atoms with Crippen molar-refractivity contribution < 1.29 is 19.8 Å². The normalized spacial score (nSPS) is 14.2. The summed E-state index contributed by atoms with van der Waals surface area (Å²) in [5.41, 5.74) is 5.94. The molecule has 1 rings (SSSR count). The number of carbonyl (C=O) groups is 2. The SMILES string of the molecule is CC(C)C(=O)c1ccc(C(O)C(O)CC(N)=O)cc1. The Bertz CT molecular complexity index is 453. The predicted molar refractivity (Wildman–Crippen MR) is 70.4 cm³/mol. The molecule has 4 N–H and O–H groups in total. The van der Waals surface area contributed by atoms with Gasteiger partial charge in [0.15, 0.2) is 5.78 Å². The number of Topliss-reactive ketones (excluding diaryl/α,β-unsaturated/α-hetero) is 1. The Morgan fingerprint density at radius 3 is 2.11 bits per heavy atom. The summed E-state index contributed by atoms with van der Waals surface area (Å²) in [6.07, 6.45) is -2.76. The van der Waals surface area contributed by atoms with Gasteiger partial charge in [-0.1, -0.05) is 38.1 Å². The Balaban J connectivity index is 2.81. The number of aliphatic hydroxyl groups is 2. The minimum atomic E-state index is -1.25. The first-order valence-corrected chi connectivity index (χ1v) is 6.11. The van der Waals surface area contributed by atoms with Crippen LogP contribution in [0.25, 0.3) is 0 Å². The molecule has 19 heavy (non-hydrogen) atoms. The molecule has 5 heteroatoms. The molecule has 0 aliphatic carbocycles. The fourth-order valence-electron chi connectivity index (χ4n) is 1.72. The fourth-order valence-corrected chi connectivity index (χ4v) is 1.72. The van der Waals surface area contributed by atoms with Gasteiger partial charge in [-0.2, -0.15) is 0 Å². The van der Waals surface area contributed by atoms with Crippen molar-refractivity contribution in [2.75, 3.05) is 0 Å². The lowest BCUT2D eigenvalue weighted by Gasteiger charge is -2.17. The third-order valence-corrected chi connectivity index (χ3v) is 2.84. The summed E-state index contributed by atoms with van der Waals surface area (Å²) >= 11 is 0. The second-order valence-corrected chi connectivity index (χ2v) is 4.82. The smallest absolute Gasteiger partial charge is 0.220 e. The van der Waals surface area contributed by atoms with E-state index in [2.05, 4.69) is 0 Å².